The molecule has 0 unspecified atom stereocenters. The summed E-state index contributed by atoms with van der Waals surface area (Å²) in [4.78, 5) is 11.2. The van der Waals surface area contributed by atoms with Crippen molar-refractivity contribution >= 4 is 29.1 Å². The summed E-state index contributed by atoms with van der Waals surface area (Å²) in [6.45, 7) is 1.70. The van der Waals surface area contributed by atoms with Crippen LogP contribution in [0.5, 0.6) is 0 Å². The highest BCUT2D eigenvalue weighted by Crippen LogP contribution is 2.18. The van der Waals surface area contributed by atoms with Crippen molar-refractivity contribution in [2.24, 2.45) is 10.3 Å². The van der Waals surface area contributed by atoms with Crippen molar-refractivity contribution in [2.45, 2.75) is 13.3 Å². The number of hydrogen-bond acceptors (Lipinski definition) is 5. The van der Waals surface area contributed by atoms with Gasteiger partial charge in [-0.25, -0.2) is 0 Å². The zero-order chi connectivity index (χ0) is 8.97. The Balaban J connectivity index is 2.80. The van der Waals surface area contributed by atoms with E-state index in [0.717, 1.165) is 5.01 Å². The standard InChI is InChI=1S/C6H9N3O2S/c1-2-7-9-5(10)3-4-12-6(9)8-11/h2,11H,3-4H2,1H3/b7-2+,8-6-. The Morgan fingerprint density at radius 2 is 2.50 bits per heavy atom. The van der Waals surface area contributed by atoms with Crippen molar-refractivity contribution in [1.82, 2.24) is 5.01 Å². The van der Waals surface area contributed by atoms with E-state index in [1.165, 1.54) is 18.0 Å². The third-order valence-electron chi connectivity index (χ3n) is 1.28. The smallest absolute Gasteiger partial charge is 0.250 e. The number of amides is 1. The van der Waals surface area contributed by atoms with Gasteiger partial charge in [0.15, 0.2) is 0 Å². The molecule has 1 amide bonds. The first-order valence-electron chi connectivity index (χ1n) is 3.46. The second-order valence-corrected chi connectivity index (χ2v) is 3.12. The zero-order valence-electron chi connectivity index (χ0n) is 6.60. The van der Waals surface area contributed by atoms with E-state index in [-0.39, 0.29) is 11.1 Å². The fraction of sp³-hybridized carbons (Fsp3) is 0.500. The van der Waals surface area contributed by atoms with Crippen molar-refractivity contribution in [3.8, 4) is 0 Å². The van der Waals surface area contributed by atoms with Gasteiger partial charge in [-0.2, -0.15) is 10.1 Å². The number of amidine groups is 1. The molecule has 0 aromatic carbocycles. The van der Waals surface area contributed by atoms with Crippen molar-refractivity contribution in [3.63, 3.8) is 0 Å². The molecule has 5 nitrogen and oxygen atoms in total. The van der Waals surface area contributed by atoms with Crippen LogP contribution in [0.2, 0.25) is 0 Å². The fourth-order valence-electron chi connectivity index (χ4n) is 0.804. The zero-order valence-corrected chi connectivity index (χ0v) is 7.41. The van der Waals surface area contributed by atoms with Crippen LogP contribution in [0.4, 0.5) is 0 Å². The molecule has 0 aromatic rings. The molecule has 1 fully saturated rings. The fourth-order valence-corrected chi connectivity index (χ4v) is 1.59. The molecule has 1 heterocycles. The predicted octanol–water partition coefficient (Wildman–Crippen LogP) is 0.703. The molecule has 6 heteroatoms. The van der Waals surface area contributed by atoms with Crippen LogP contribution in [0.1, 0.15) is 13.3 Å². The Morgan fingerprint density at radius 1 is 1.75 bits per heavy atom. The van der Waals surface area contributed by atoms with Crippen LogP contribution in [0.3, 0.4) is 0 Å². The lowest BCUT2D eigenvalue weighted by Crippen LogP contribution is -2.34. The van der Waals surface area contributed by atoms with Gasteiger partial charge in [0.1, 0.15) is 0 Å². The summed E-state index contributed by atoms with van der Waals surface area (Å²) in [6.07, 6.45) is 1.91. The van der Waals surface area contributed by atoms with E-state index in [0.29, 0.717) is 12.2 Å². The average molecular weight is 187 g/mol. The highest BCUT2D eigenvalue weighted by molar-refractivity contribution is 8.13. The molecule has 0 atom stereocenters. The molecular weight excluding hydrogens is 178 g/mol. The number of oxime groups is 1. The van der Waals surface area contributed by atoms with Crippen LogP contribution in [0.25, 0.3) is 0 Å². The van der Waals surface area contributed by atoms with Gasteiger partial charge in [-0.15, -0.1) is 0 Å². The van der Waals surface area contributed by atoms with Crippen LogP contribution in [-0.4, -0.2) is 33.3 Å². The van der Waals surface area contributed by atoms with Gasteiger partial charge in [0, 0.05) is 18.4 Å². The summed E-state index contributed by atoms with van der Waals surface area (Å²) in [5, 5.41) is 16.6. The maximum Gasteiger partial charge on any atom is 0.250 e. The Morgan fingerprint density at radius 3 is 3.08 bits per heavy atom. The Labute approximate surface area is 74.1 Å². The molecule has 0 spiro atoms. The second-order valence-electron chi connectivity index (χ2n) is 2.06. The van der Waals surface area contributed by atoms with E-state index in [9.17, 15) is 4.79 Å². The van der Waals surface area contributed by atoms with Gasteiger partial charge in [0.2, 0.25) is 11.1 Å². The summed E-state index contributed by atoms with van der Waals surface area (Å²) in [5.74, 6) is 0.508. The van der Waals surface area contributed by atoms with Crippen molar-refractivity contribution in [3.05, 3.63) is 0 Å². The van der Waals surface area contributed by atoms with E-state index in [2.05, 4.69) is 10.3 Å². The maximum atomic E-state index is 11.2. The summed E-state index contributed by atoms with van der Waals surface area (Å²) < 4.78 is 0. The lowest BCUT2D eigenvalue weighted by Gasteiger charge is -2.20. The molecule has 0 aromatic heterocycles. The number of nitrogens with zero attached hydrogens (tertiary/aromatic N) is 3. The largest absolute Gasteiger partial charge is 0.409 e. The second kappa shape index (κ2) is 4.10. The molecule has 1 N–H and O–H groups in total. The average Bonchev–Trinajstić information content (AvgIpc) is 2.09. The Kier molecular flexibility index (Phi) is 3.09. The lowest BCUT2D eigenvalue weighted by atomic mass is 10.4. The lowest BCUT2D eigenvalue weighted by molar-refractivity contribution is -0.127. The van der Waals surface area contributed by atoms with Crippen LogP contribution in [-0.2, 0) is 4.79 Å². The van der Waals surface area contributed by atoms with Crippen LogP contribution in [0, 0.1) is 0 Å². The summed E-state index contributed by atoms with van der Waals surface area (Å²) in [6, 6.07) is 0. The number of hydrazone groups is 1. The van der Waals surface area contributed by atoms with Crippen molar-refractivity contribution < 1.29 is 10.0 Å². The minimum Gasteiger partial charge on any atom is -0.409 e. The van der Waals surface area contributed by atoms with Gasteiger partial charge in [-0.1, -0.05) is 16.9 Å². The van der Waals surface area contributed by atoms with Crippen molar-refractivity contribution in [2.75, 3.05) is 5.75 Å². The van der Waals surface area contributed by atoms with Crippen LogP contribution >= 0.6 is 11.8 Å². The van der Waals surface area contributed by atoms with E-state index < -0.39 is 0 Å². The number of hydrogen-bond donors (Lipinski definition) is 1. The molecule has 0 aliphatic carbocycles. The molecular formula is C6H9N3O2S. The van der Waals surface area contributed by atoms with E-state index in [1.807, 2.05) is 0 Å². The van der Waals surface area contributed by atoms with Crippen molar-refractivity contribution in [1.29, 1.82) is 0 Å². The van der Waals surface area contributed by atoms with Gasteiger partial charge in [-0.3, -0.25) is 4.79 Å². The van der Waals surface area contributed by atoms with Gasteiger partial charge < -0.3 is 5.21 Å². The SMILES string of the molecule is C/C=N/N1C(=O)CCS/C1=N\O. The molecule has 1 saturated heterocycles. The monoisotopic (exact) mass is 187 g/mol. The summed E-state index contributed by atoms with van der Waals surface area (Å²) in [5.41, 5.74) is 0. The molecule has 0 bridgehead atoms. The van der Waals surface area contributed by atoms with E-state index in [1.54, 1.807) is 6.92 Å². The normalized spacial score (nSPS) is 22.6. The minimum absolute atomic E-state index is 0.139. The third-order valence-corrected chi connectivity index (χ3v) is 2.20. The number of thioether (sulfide) groups is 1. The topological polar surface area (TPSA) is 65.3 Å². The van der Waals surface area contributed by atoms with E-state index >= 15 is 0 Å². The van der Waals surface area contributed by atoms with Crippen LogP contribution in [0.15, 0.2) is 10.3 Å². The number of carbonyl (C=O) groups is 1. The molecule has 1 rings (SSSR count). The number of carbonyl (C=O) groups excluding carboxylic acids is 1. The molecule has 0 radical (unpaired) electrons. The highest BCUT2D eigenvalue weighted by Gasteiger charge is 2.24. The Hall–Kier alpha value is -1.04. The first kappa shape index (κ1) is 9.05. The van der Waals surface area contributed by atoms with Gasteiger partial charge in [-0.05, 0) is 6.92 Å². The van der Waals surface area contributed by atoms with Gasteiger partial charge in [0.25, 0.3) is 0 Å². The summed E-state index contributed by atoms with van der Waals surface area (Å²) in [7, 11) is 0. The highest BCUT2D eigenvalue weighted by atomic mass is 32.2. The molecule has 66 valence electrons. The molecule has 1 aliphatic rings. The predicted molar refractivity (Wildman–Crippen MR) is 47.3 cm³/mol. The van der Waals surface area contributed by atoms with Gasteiger partial charge >= 0.3 is 0 Å². The molecule has 0 saturated carbocycles. The van der Waals surface area contributed by atoms with Gasteiger partial charge in [0.05, 0.1) is 0 Å². The quantitative estimate of drug-likeness (QED) is 0.373. The number of rotatable bonds is 1. The molecule has 12 heavy (non-hydrogen) atoms. The third kappa shape index (κ3) is 1.76. The minimum atomic E-state index is -0.139. The Bertz CT molecular complexity index is 239. The molecule has 1 aliphatic heterocycles. The summed E-state index contributed by atoms with van der Waals surface area (Å²) >= 11 is 1.31. The first-order chi connectivity index (χ1) is 5.79. The first-order valence-corrected chi connectivity index (χ1v) is 4.44. The van der Waals surface area contributed by atoms with Crippen LogP contribution < -0.4 is 0 Å². The van der Waals surface area contributed by atoms with E-state index in [4.69, 9.17) is 5.21 Å². The maximum absolute atomic E-state index is 11.2.